The Bertz CT molecular complexity index is 706. The van der Waals surface area contributed by atoms with E-state index >= 15 is 0 Å². The average molecular weight is 307 g/mol. The third-order valence-electron chi connectivity index (χ3n) is 2.61. The average Bonchev–Trinajstić information content (AvgIpc) is 2.47. The molecule has 0 unspecified atom stereocenters. The molecule has 2 rings (SSSR count). The molecule has 8 heteroatoms. The van der Waals surface area contributed by atoms with E-state index in [1.165, 1.54) is 13.3 Å². The van der Waals surface area contributed by atoms with E-state index < -0.39 is 11.9 Å². The van der Waals surface area contributed by atoms with E-state index in [1.54, 1.807) is 24.3 Å². The van der Waals surface area contributed by atoms with Gasteiger partial charge >= 0.3 is 5.97 Å². The number of ether oxygens (including phenoxy) is 1. The van der Waals surface area contributed by atoms with E-state index in [1.807, 2.05) is 0 Å². The SMILES string of the molecule is COC(=O)c1ccccc1Nc1nc(Cl)ncc1C(N)=O. The number of anilines is 2. The van der Waals surface area contributed by atoms with Crippen molar-refractivity contribution in [1.82, 2.24) is 9.97 Å². The number of nitrogens with two attached hydrogens (primary N) is 1. The Morgan fingerprint density at radius 1 is 1.29 bits per heavy atom. The third-order valence-corrected chi connectivity index (χ3v) is 2.79. The van der Waals surface area contributed by atoms with Crippen LogP contribution >= 0.6 is 11.6 Å². The van der Waals surface area contributed by atoms with Gasteiger partial charge in [0.1, 0.15) is 11.4 Å². The second-order valence-electron chi connectivity index (χ2n) is 3.93. The highest BCUT2D eigenvalue weighted by Gasteiger charge is 2.16. The molecule has 0 spiro atoms. The standard InChI is InChI=1S/C13H11ClN4O3/c1-21-12(20)7-4-2-3-5-9(7)17-11-8(10(15)19)6-16-13(14)18-11/h2-6H,1H3,(H2,15,19)(H,16,17,18). The Balaban J connectivity index is 2.46. The maximum Gasteiger partial charge on any atom is 0.339 e. The Kier molecular flexibility index (Phi) is 4.34. The number of carbonyl (C=O) groups excluding carboxylic acids is 2. The molecule has 0 aliphatic carbocycles. The number of para-hydroxylation sites is 1. The smallest absolute Gasteiger partial charge is 0.339 e. The first-order chi connectivity index (χ1) is 10.0. The summed E-state index contributed by atoms with van der Waals surface area (Å²) < 4.78 is 4.69. The summed E-state index contributed by atoms with van der Waals surface area (Å²) in [6.07, 6.45) is 1.21. The lowest BCUT2D eigenvalue weighted by Crippen LogP contribution is -2.15. The first-order valence-electron chi connectivity index (χ1n) is 5.79. The zero-order valence-corrected chi connectivity index (χ0v) is 11.7. The minimum absolute atomic E-state index is 0.0547. The summed E-state index contributed by atoms with van der Waals surface area (Å²) >= 11 is 5.71. The molecule has 108 valence electrons. The largest absolute Gasteiger partial charge is 0.465 e. The summed E-state index contributed by atoms with van der Waals surface area (Å²) in [6.45, 7) is 0. The van der Waals surface area contributed by atoms with Crippen LogP contribution in [0.5, 0.6) is 0 Å². The Morgan fingerprint density at radius 2 is 2.00 bits per heavy atom. The minimum Gasteiger partial charge on any atom is -0.465 e. The van der Waals surface area contributed by atoms with Crippen molar-refractivity contribution >= 4 is 35.0 Å². The summed E-state index contributed by atoms with van der Waals surface area (Å²) in [4.78, 5) is 30.7. The first-order valence-corrected chi connectivity index (χ1v) is 6.17. The number of aromatic nitrogens is 2. The molecule has 1 heterocycles. The van der Waals surface area contributed by atoms with Crippen molar-refractivity contribution in [2.75, 3.05) is 12.4 Å². The molecule has 0 aliphatic heterocycles. The number of esters is 1. The van der Waals surface area contributed by atoms with Gasteiger partial charge in [0.15, 0.2) is 0 Å². The highest BCUT2D eigenvalue weighted by molar-refractivity contribution is 6.28. The molecule has 0 radical (unpaired) electrons. The van der Waals surface area contributed by atoms with Gasteiger partial charge in [0.2, 0.25) is 5.28 Å². The van der Waals surface area contributed by atoms with Gasteiger partial charge in [0.25, 0.3) is 5.91 Å². The van der Waals surface area contributed by atoms with Crippen molar-refractivity contribution in [3.8, 4) is 0 Å². The molecule has 0 saturated carbocycles. The number of hydrogen-bond acceptors (Lipinski definition) is 6. The van der Waals surface area contributed by atoms with Gasteiger partial charge in [-0.25, -0.2) is 9.78 Å². The molecule has 0 fully saturated rings. The predicted octanol–water partition coefficient (Wildman–Crippen LogP) is 1.76. The van der Waals surface area contributed by atoms with Crippen LogP contribution in [0, 0.1) is 0 Å². The van der Waals surface area contributed by atoms with Crippen molar-refractivity contribution in [2.24, 2.45) is 5.73 Å². The van der Waals surface area contributed by atoms with E-state index in [9.17, 15) is 9.59 Å². The Hall–Kier alpha value is -2.67. The summed E-state index contributed by atoms with van der Waals surface area (Å²) in [5.41, 5.74) is 5.99. The summed E-state index contributed by atoms with van der Waals surface area (Å²) in [7, 11) is 1.27. The highest BCUT2D eigenvalue weighted by atomic mass is 35.5. The number of carbonyl (C=O) groups is 2. The lowest BCUT2D eigenvalue weighted by Gasteiger charge is -2.12. The van der Waals surface area contributed by atoms with Gasteiger partial charge in [0, 0.05) is 6.20 Å². The lowest BCUT2D eigenvalue weighted by molar-refractivity contribution is 0.0601. The fourth-order valence-electron chi connectivity index (χ4n) is 1.64. The number of nitrogens with one attached hydrogen (secondary N) is 1. The maximum absolute atomic E-state index is 11.7. The molecule has 7 nitrogen and oxygen atoms in total. The zero-order valence-electron chi connectivity index (χ0n) is 11.0. The number of halogens is 1. The molecule has 0 atom stereocenters. The van der Waals surface area contributed by atoms with Gasteiger partial charge in [-0.3, -0.25) is 4.79 Å². The summed E-state index contributed by atoms with van der Waals surface area (Å²) in [5, 5.41) is 2.78. The molecular formula is C13H11ClN4O3. The summed E-state index contributed by atoms with van der Waals surface area (Å²) in [5.74, 6) is -1.14. The van der Waals surface area contributed by atoms with Crippen LogP contribution in [0.2, 0.25) is 5.28 Å². The minimum atomic E-state index is -0.718. The molecule has 1 aromatic carbocycles. The number of methoxy groups -OCH3 is 1. The third kappa shape index (κ3) is 3.26. The van der Waals surface area contributed by atoms with Gasteiger partial charge in [-0.15, -0.1) is 0 Å². The van der Waals surface area contributed by atoms with Crippen LogP contribution in [0.25, 0.3) is 0 Å². The van der Waals surface area contributed by atoms with Crippen molar-refractivity contribution in [3.05, 3.63) is 46.9 Å². The molecule has 1 aromatic heterocycles. The predicted molar refractivity (Wildman–Crippen MR) is 76.6 cm³/mol. The molecular weight excluding hydrogens is 296 g/mol. The van der Waals surface area contributed by atoms with Gasteiger partial charge in [-0.2, -0.15) is 4.98 Å². The van der Waals surface area contributed by atoms with Crippen molar-refractivity contribution in [1.29, 1.82) is 0 Å². The van der Waals surface area contributed by atoms with Crippen LogP contribution in [0.1, 0.15) is 20.7 Å². The van der Waals surface area contributed by atoms with E-state index in [0.29, 0.717) is 5.69 Å². The van der Waals surface area contributed by atoms with E-state index in [4.69, 9.17) is 17.3 Å². The number of hydrogen-bond donors (Lipinski definition) is 2. The van der Waals surface area contributed by atoms with Crippen LogP contribution in [-0.4, -0.2) is 29.0 Å². The normalized spacial score (nSPS) is 10.0. The van der Waals surface area contributed by atoms with Crippen molar-refractivity contribution in [2.45, 2.75) is 0 Å². The number of benzene rings is 1. The number of nitrogens with zero attached hydrogens (tertiary/aromatic N) is 2. The van der Waals surface area contributed by atoms with Crippen LogP contribution in [0.15, 0.2) is 30.5 Å². The molecule has 2 aromatic rings. The number of primary amides is 1. The molecule has 21 heavy (non-hydrogen) atoms. The Morgan fingerprint density at radius 3 is 2.67 bits per heavy atom. The fraction of sp³-hybridized carbons (Fsp3) is 0.0769. The summed E-state index contributed by atoms with van der Waals surface area (Å²) in [6, 6.07) is 6.59. The lowest BCUT2D eigenvalue weighted by atomic mass is 10.1. The molecule has 3 N–H and O–H groups in total. The molecule has 0 bridgehead atoms. The van der Waals surface area contributed by atoms with Gasteiger partial charge in [-0.1, -0.05) is 12.1 Å². The first kappa shape index (κ1) is 14.7. The Labute approximate surface area is 125 Å². The van der Waals surface area contributed by atoms with Crippen molar-refractivity contribution in [3.63, 3.8) is 0 Å². The van der Waals surface area contributed by atoms with Gasteiger partial charge in [-0.05, 0) is 23.7 Å². The van der Waals surface area contributed by atoms with Crippen LogP contribution in [0.4, 0.5) is 11.5 Å². The van der Waals surface area contributed by atoms with Gasteiger partial charge < -0.3 is 15.8 Å². The molecule has 0 aliphatic rings. The van der Waals surface area contributed by atoms with E-state index in [-0.39, 0.29) is 22.2 Å². The second kappa shape index (κ2) is 6.19. The van der Waals surface area contributed by atoms with Crippen molar-refractivity contribution < 1.29 is 14.3 Å². The maximum atomic E-state index is 11.7. The van der Waals surface area contributed by atoms with E-state index in [2.05, 4.69) is 20.0 Å². The van der Waals surface area contributed by atoms with E-state index in [0.717, 1.165) is 0 Å². The number of rotatable bonds is 4. The van der Waals surface area contributed by atoms with Gasteiger partial charge in [0.05, 0.1) is 18.4 Å². The van der Waals surface area contributed by atoms with Crippen LogP contribution in [-0.2, 0) is 4.74 Å². The molecule has 1 amide bonds. The molecule has 0 saturated heterocycles. The monoisotopic (exact) mass is 306 g/mol. The van der Waals surface area contributed by atoms with Crippen LogP contribution in [0.3, 0.4) is 0 Å². The quantitative estimate of drug-likeness (QED) is 0.658. The fourth-order valence-corrected chi connectivity index (χ4v) is 1.78. The van der Waals surface area contributed by atoms with Crippen LogP contribution < -0.4 is 11.1 Å². The number of amides is 1. The zero-order chi connectivity index (χ0) is 15.4. The highest BCUT2D eigenvalue weighted by Crippen LogP contribution is 2.23. The second-order valence-corrected chi connectivity index (χ2v) is 4.27. The topological polar surface area (TPSA) is 107 Å².